The van der Waals surface area contributed by atoms with Crippen molar-refractivity contribution in [3.05, 3.63) is 34.3 Å². The molecule has 1 heterocycles. The summed E-state index contributed by atoms with van der Waals surface area (Å²) in [4.78, 5) is 9.13. The van der Waals surface area contributed by atoms with E-state index in [-0.39, 0.29) is 0 Å². The topological polar surface area (TPSA) is 98.0 Å². The molecular weight excluding hydrogens is 328 g/mol. The first-order chi connectivity index (χ1) is 8.95. The Bertz CT molecular complexity index is 586. The third kappa shape index (κ3) is 3.59. The zero-order valence-electron chi connectivity index (χ0n) is 10.2. The van der Waals surface area contributed by atoms with Crippen LogP contribution in [0.25, 0.3) is 0 Å². The van der Waals surface area contributed by atoms with Gasteiger partial charge in [0.1, 0.15) is 11.6 Å². The summed E-state index contributed by atoms with van der Waals surface area (Å²) in [7, 11) is 0. The van der Waals surface area contributed by atoms with E-state index in [0.29, 0.717) is 16.8 Å². The van der Waals surface area contributed by atoms with Crippen LogP contribution in [0, 0.1) is 0 Å². The molecule has 2 rings (SSSR count). The minimum atomic E-state index is -0.521. The summed E-state index contributed by atoms with van der Waals surface area (Å²) >= 11 is 4.78. The largest absolute Gasteiger partial charge is 0.389 e. The van der Waals surface area contributed by atoms with Gasteiger partial charge in [0.25, 0.3) is 0 Å². The van der Waals surface area contributed by atoms with Crippen molar-refractivity contribution >= 4 is 39.3 Å². The van der Waals surface area contributed by atoms with Gasteiger partial charge in [0.15, 0.2) is 5.16 Å². The molecule has 0 aliphatic rings. The van der Waals surface area contributed by atoms with Crippen molar-refractivity contribution < 1.29 is 5.11 Å². The summed E-state index contributed by atoms with van der Waals surface area (Å²) in [5, 5.41) is 10.1. The lowest BCUT2D eigenvalue weighted by atomic mass is 10.1. The number of aliphatic hydroxyl groups is 1. The Kier molecular flexibility index (Phi) is 4.28. The number of nitrogens with zero attached hydrogens (tertiary/aromatic N) is 2. The van der Waals surface area contributed by atoms with Gasteiger partial charge >= 0.3 is 0 Å². The summed E-state index contributed by atoms with van der Waals surface area (Å²) in [6, 6.07) is 7.15. The Morgan fingerprint density at radius 3 is 2.37 bits per heavy atom. The average molecular weight is 341 g/mol. The van der Waals surface area contributed by atoms with E-state index >= 15 is 0 Å². The van der Waals surface area contributed by atoms with E-state index in [4.69, 9.17) is 11.5 Å². The van der Waals surface area contributed by atoms with Gasteiger partial charge in [-0.1, -0.05) is 22.0 Å². The lowest BCUT2D eigenvalue weighted by Crippen LogP contribution is -1.99. The van der Waals surface area contributed by atoms with Crippen LogP contribution in [-0.4, -0.2) is 15.1 Å². The second kappa shape index (κ2) is 5.77. The van der Waals surface area contributed by atoms with E-state index < -0.39 is 6.10 Å². The molecular formula is C12H13BrN4OS. The van der Waals surface area contributed by atoms with Crippen LogP contribution < -0.4 is 11.5 Å². The van der Waals surface area contributed by atoms with Gasteiger partial charge in [-0.2, -0.15) is 0 Å². The molecule has 7 heteroatoms. The Morgan fingerprint density at radius 2 is 1.84 bits per heavy atom. The number of halogens is 1. The van der Waals surface area contributed by atoms with Crippen LogP contribution >= 0.6 is 27.7 Å². The van der Waals surface area contributed by atoms with Crippen LogP contribution in [0.5, 0.6) is 0 Å². The number of hydrogen-bond donors (Lipinski definition) is 3. The van der Waals surface area contributed by atoms with Crippen molar-refractivity contribution in [1.82, 2.24) is 9.97 Å². The Morgan fingerprint density at radius 1 is 1.21 bits per heavy atom. The van der Waals surface area contributed by atoms with Gasteiger partial charge in [-0.15, -0.1) is 0 Å². The second-order valence-corrected chi connectivity index (χ2v) is 5.86. The number of nitrogens with two attached hydrogens (primary N) is 2. The fourth-order valence-electron chi connectivity index (χ4n) is 1.52. The Hall–Kier alpha value is -1.31. The number of benzene rings is 1. The maximum Gasteiger partial charge on any atom is 0.196 e. The standard InChI is InChI=1S/C12H13BrN4OS/c1-6(18)8-3-2-7(4-9(8)13)19-12-16-10(14)5-11(15)17-12/h2-6,18H,1H3,(H4,14,15,16,17)/t6-/m0/s1. The average Bonchev–Trinajstić information content (AvgIpc) is 2.26. The molecule has 19 heavy (non-hydrogen) atoms. The van der Waals surface area contributed by atoms with E-state index in [0.717, 1.165) is 14.9 Å². The zero-order valence-corrected chi connectivity index (χ0v) is 12.6. The SMILES string of the molecule is C[C@H](O)c1ccc(Sc2nc(N)cc(N)n2)cc1Br. The van der Waals surface area contributed by atoms with Crippen molar-refractivity contribution in [2.24, 2.45) is 0 Å². The van der Waals surface area contributed by atoms with E-state index in [2.05, 4.69) is 25.9 Å². The molecule has 0 spiro atoms. The van der Waals surface area contributed by atoms with Crippen LogP contribution in [0.4, 0.5) is 11.6 Å². The molecule has 0 aliphatic heterocycles. The number of anilines is 2. The van der Waals surface area contributed by atoms with Crippen molar-refractivity contribution in [2.75, 3.05) is 11.5 Å². The molecule has 100 valence electrons. The third-order valence-corrected chi connectivity index (χ3v) is 3.92. The molecule has 1 aromatic carbocycles. The molecule has 0 saturated carbocycles. The Balaban J connectivity index is 2.26. The molecule has 2 aromatic rings. The van der Waals surface area contributed by atoms with Gasteiger partial charge in [0, 0.05) is 15.4 Å². The second-order valence-electron chi connectivity index (χ2n) is 3.96. The highest BCUT2D eigenvalue weighted by Gasteiger charge is 2.09. The minimum Gasteiger partial charge on any atom is -0.389 e. The smallest absolute Gasteiger partial charge is 0.196 e. The van der Waals surface area contributed by atoms with Crippen LogP contribution in [0.1, 0.15) is 18.6 Å². The van der Waals surface area contributed by atoms with E-state index in [9.17, 15) is 5.11 Å². The summed E-state index contributed by atoms with van der Waals surface area (Å²) < 4.78 is 0.837. The lowest BCUT2D eigenvalue weighted by molar-refractivity contribution is 0.198. The molecule has 0 aliphatic carbocycles. The predicted octanol–water partition coefficient (Wildman–Crippen LogP) is 2.61. The summed E-state index contributed by atoms with van der Waals surface area (Å²) in [6.45, 7) is 1.72. The Labute approximate surface area is 123 Å². The maximum atomic E-state index is 9.56. The fourth-order valence-corrected chi connectivity index (χ4v) is 3.21. The first-order valence-corrected chi connectivity index (χ1v) is 7.12. The fraction of sp³-hybridized carbons (Fsp3) is 0.167. The molecule has 5 nitrogen and oxygen atoms in total. The van der Waals surface area contributed by atoms with Gasteiger partial charge in [-0.25, -0.2) is 9.97 Å². The van der Waals surface area contributed by atoms with Gasteiger partial charge in [0.05, 0.1) is 6.10 Å². The molecule has 0 amide bonds. The van der Waals surface area contributed by atoms with Gasteiger partial charge in [-0.05, 0) is 36.4 Å². The summed E-state index contributed by atoms with van der Waals surface area (Å²) in [6.07, 6.45) is -0.521. The van der Waals surface area contributed by atoms with Crippen LogP contribution in [0.3, 0.4) is 0 Å². The molecule has 1 aromatic heterocycles. The highest BCUT2D eigenvalue weighted by atomic mass is 79.9. The van der Waals surface area contributed by atoms with Gasteiger partial charge < -0.3 is 16.6 Å². The molecule has 0 radical (unpaired) electrons. The quantitative estimate of drug-likeness (QED) is 0.743. The molecule has 5 N–H and O–H groups in total. The normalized spacial score (nSPS) is 12.4. The molecule has 0 saturated heterocycles. The third-order valence-electron chi connectivity index (χ3n) is 2.38. The number of rotatable bonds is 3. The highest BCUT2D eigenvalue weighted by Crippen LogP contribution is 2.31. The summed E-state index contributed by atoms with van der Waals surface area (Å²) in [5.41, 5.74) is 12.1. The zero-order chi connectivity index (χ0) is 14.0. The van der Waals surface area contributed by atoms with Crippen molar-refractivity contribution in [2.45, 2.75) is 23.1 Å². The van der Waals surface area contributed by atoms with Crippen molar-refractivity contribution in [3.8, 4) is 0 Å². The summed E-state index contributed by atoms with van der Waals surface area (Å²) in [5.74, 6) is 0.685. The monoisotopic (exact) mass is 340 g/mol. The number of aliphatic hydroxyl groups excluding tert-OH is 1. The van der Waals surface area contributed by atoms with Crippen LogP contribution in [0.2, 0.25) is 0 Å². The van der Waals surface area contributed by atoms with Gasteiger partial charge in [-0.3, -0.25) is 0 Å². The van der Waals surface area contributed by atoms with Crippen LogP contribution in [0.15, 0.2) is 38.8 Å². The van der Waals surface area contributed by atoms with Gasteiger partial charge in [0.2, 0.25) is 0 Å². The molecule has 1 atom stereocenters. The molecule has 0 fully saturated rings. The lowest BCUT2D eigenvalue weighted by Gasteiger charge is -2.09. The van der Waals surface area contributed by atoms with Crippen molar-refractivity contribution in [1.29, 1.82) is 0 Å². The van der Waals surface area contributed by atoms with E-state index in [1.54, 1.807) is 6.92 Å². The first-order valence-electron chi connectivity index (χ1n) is 5.51. The van der Waals surface area contributed by atoms with E-state index in [1.165, 1.54) is 17.8 Å². The molecule has 0 unspecified atom stereocenters. The van der Waals surface area contributed by atoms with Crippen LogP contribution in [-0.2, 0) is 0 Å². The predicted molar refractivity (Wildman–Crippen MR) is 79.8 cm³/mol. The number of nitrogen functional groups attached to an aromatic ring is 2. The maximum absolute atomic E-state index is 9.56. The van der Waals surface area contributed by atoms with Crippen molar-refractivity contribution in [3.63, 3.8) is 0 Å². The minimum absolute atomic E-state index is 0.342. The first kappa shape index (κ1) is 14.1. The number of hydrogen-bond acceptors (Lipinski definition) is 6. The number of aromatic nitrogens is 2. The molecule has 0 bridgehead atoms. The highest BCUT2D eigenvalue weighted by molar-refractivity contribution is 9.10. The van der Waals surface area contributed by atoms with E-state index in [1.807, 2.05) is 18.2 Å².